The molecule has 6 nitrogen and oxygen atoms in total. The third kappa shape index (κ3) is 2.89. The molecule has 1 saturated heterocycles. The Bertz CT molecular complexity index is 749. The number of para-hydroxylation sites is 1. The van der Waals surface area contributed by atoms with Crippen LogP contribution >= 0.6 is 11.8 Å². The number of hydrogen-bond acceptors (Lipinski definition) is 6. The maximum Gasteiger partial charge on any atom is 0.228 e. The van der Waals surface area contributed by atoms with Gasteiger partial charge >= 0.3 is 0 Å². The number of aromatic nitrogens is 2. The summed E-state index contributed by atoms with van der Waals surface area (Å²) in [6.07, 6.45) is 0.429. The van der Waals surface area contributed by atoms with Gasteiger partial charge < -0.3 is 5.73 Å². The van der Waals surface area contributed by atoms with Crippen LogP contribution in [0.5, 0.6) is 0 Å². The fraction of sp³-hybridized carbons (Fsp3) is 0.333. The van der Waals surface area contributed by atoms with Crippen molar-refractivity contribution in [3.8, 4) is 0 Å². The third-order valence-corrected chi connectivity index (χ3v) is 4.63. The van der Waals surface area contributed by atoms with E-state index in [1.165, 1.54) is 18.7 Å². The Kier molecular flexibility index (Phi) is 3.98. The van der Waals surface area contributed by atoms with E-state index in [4.69, 9.17) is 5.73 Å². The SMILES string of the molecule is CC(=O)SCC1CC(=O)N(c2nc(N)nc3ccccc23)C1. The fourth-order valence-electron chi connectivity index (χ4n) is 2.62. The molecule has 0 saturated carbocycles. The summed E-state index contributed by atoms with van der Waals surface area (Å²) >= 11 is 1.26. The number of hydrogen-bond donors (Lipinski definition) is 1. The molecule has 3 rings (SSSR count). The molecule has 0 aliphatic carbocycles. The number of nitrogens with zero attached hydrogens (tertiary/aromatic N) is 3. The van der Waals surface area contributed by atoms with Gasteiger partial charge in [-0.3, -0.25) is 14.5 Å². The zero-order valence-electron chi connectivity index (χ0n) is 12.2. The first kappa shape index (κ1) is 14.8. The maximum atomic E-state index is 12.3. The van der Waals surface area contributed by atoms with Gasteiger partial charge in [-0.25, -0.2) is 4.98 Å². The smallest absolute Gasteiger partial charge is 0.228 e. The highest BCUT2D eigenvalue weighted by molar-refractivity contribution is 8.13. The third-order valence-electron chi connectivity index (χ3n) is 3.58. The van der Waals surface area contributed by atoms with Crippen LogP contribution in [0.3, 0.4) is 0 Å². The molecule has 7 heteroatoms. The van der Waals surface area contributed by atoms with Gasteiger partial charge in [-0.05, 0) is 18.1 Å². The Morgan fingerprint density at radius 3 is 2.95 bits per heavy atom. The van der Waals surface area contributed by atoms with Gasteiger partial charge in [-0.15, -0.1) is 0 Å². The van der Waals surface area contributed by atoms with Crippen LogP contribution in [0.25, 0.3) is 10.9 Å². The molecule has 0 spiro atoms. The molecule has 1 fully saturated rings. The molecule has 1 aliphatic heterocycles. The van der Waals surface area contributed by atoms with Gasteiger partial charge in [0.1, 0.15) is 5.82 Å². The van der Waals surface area contributed by atoms with Gasteiger partial charge in [0.2, 0.25) is 11.9 Å². The highest BCUT2D eigenvalue weighted by Crippen LogP contribution is 2.31. The van der Waals surface area contributed by atoms with Crippen LogP contribution in [0.1, 0.15) is 13.3 Å². The summed E-state index contributed by atoms with van der Waals surface area (Å²) in [6, 6.07) is 7.49. The highest BCUT2D eigenvalue weighted by atomic mass is 32.2. The monoisotopic (exact) mass is 316 g/mol. The normalized spacial score (nSPS) is 18.1. The molecule has 2 heterocycles. The van der Waals surface area contributed by atoms with Crippen LogP contribution in [0.2, 0.25) is 0 Å². The first-order chi connectivity index (χ1) is 10.5. The van der Waals surface area contributed by atoms with Crippen LogP contribution in [-0.4, -0.2) is 33.3 Å². The second-order valence-corrected chi connectivity index (χ2v) is 6.50. The lowest BCUT2D eigenvalue weighted by Gasteiger charge is -2.17. The number of nitrogens with two attached hydrogens (primary N) is 1. The van der Waals surface area contributed by atoms with Gasteiger partial charge in [0.05, 0.1) is 5.52 Å². The lowest BCUT2D eigenvalue weighted by atomic mass is 10.1. The number of carbonyl (C=O) groups is 2. The molecule has 1 aliphatic rings. The number of rotatable bonds is 3. The number of carbonyl (C=O) groups excluding carboxylic acids is 2. The topological polar surface area (TPSA) is 89.2 Å². The van der Waals surface area contributed by atoms with E-state index in [0.29, 0.717) is 24.5 Å². The van der Waals surface area contributed by atoms with Crippen LogP contribution < -0.4 is 10.6 Å². The average molecular weight is 316 g/mol. The molecule has 1 amide bonds. The van der Waals surface area contributed by atoms with Crippen molar-refractivity contribution in [2.24, 2.45) is 5.92 Å². The summed E-state index contributed by atoms with van der Waals surface area (Å²) < 4.78 is 0. The average Bonchev–Trinajstić information content (AvgIpc) is 2.85. The Morgan fingerprint density at radius 1 is 1.41 bits per heavy atom. The second-order valence-electron chi connectivity index (χ2n) is 5.30. The van der Waals surface area contributed by atoms with Crippen molar-refractivity contribution in [3.05, 3.63) is 24.3 Å². The summed E-state index contributed by atoms with van der Waals surface area (Å²) in [7, 11) is 0. The van der Waals surface area contributed by atoms with E-state index < -0.39 is 0 Å². The van der Waals surface area contributed by atoms with Gasteiger partial charge in [0.15, 0.2) is 5.12 Å². The summed E-state index contributed by atoms with van der Waals surface area (Å²) in [6.45, 7) is 2.09. The minimum atomic E-state index is 0.0115. The number of thioether (sulfide) groups is 1. The Balaban J connectivity index is 1.91. The number of nitrogen functional groups attached to an aromatic ring is 1. The lowest BCUT2D eigenvalue weighted by molar-refractivity contribution is -0.117. The van der Waals surface area contributed by atoms with Crippen LogP contribution in [-0.2, 0) is 9.59 Å². The molecule has 1 unspecified atom stereocenters. The number of benzene rings is 1. The van der Waals surface area contributed by atoms with Crippen LogP contribution in [0, 0.1) is 5.92 Å². The van der Waals surface area contributed by atoms with E-state index in [2.05, 4.69) is 9.97 Å². The van der Waals surface area contributed by atoms with Gasteiger partial charge in [0.25, 0.3) is 0 Å². The summed E-state index contributed by atoms with van der Waals surface area (Å²) in [4.78, 5) is 33.5. The van der Waals surface area contributed by atoms with E-state index in [9.17, 15) is 9.59 Å². The van der Waals surface area contributed by atoms with Crippen molar-refractivity contribution in [1.29, 1.82) is 0 Å². The molecule has 1 atom stereocenters. The van der Waals surface area contributed by atoms with Crippen molar-refractivity contribution >= 4 is 45.5 Å². The van der Waals surface area contributed by atoms with Gasteiger partial charge in [-0.2, -0.15) is 4.98 Å². The largest absolute Gasteiger partial charge is 0.368 e. The molecule has 22 heavy (non-hydrogen) atoms. The van der Waals surface area contributed by atoms with Crippen molar-refractivity contribution in [3.63, 3.8) is 0 Å². The van der Waals surface area contributed by atoms with E-state index in [1.54, 1.807) is 4.90 Å². The molecule has 114 valence electrons. The van der Waals surface area contributed by atoms with Crippen molar-refractivity contribution in [1.82, 2.24) is 9.97 Å². The van der Waals surface area contributed by atoms with Crippen molar-refractivity contribution in [2.75, 3.05) is 22.9 Å². The maximum absolute atomic E-state index is 12.3. The zero-order valence-corrected chi connectivity index (χ0v) is 13.0. The fourth-order valence-corrected chi connectivity index (χ4v) is 3.31. The van der Waals surface area contributed by atoms with Gasteiger partial charge in [0, 0.05) is 31.0 Å². The Labute approximate surface area is 132 Å². The van der Waals surface area contributed by atoms with E-state index in [-0.39, 0.29) is 22.9 Å². The molecular weight excluding hydrogens is 300 g/mol. The van der Waals surface area contributed by atoms with Crippen molar-refractivity contribution in [2.45, 2.75) is 13.3 Å². The summed E-state index contributed by atoms with van der Waals surface area (Å²) in [5, 5.41) is 0.882. The van der Waals surface area contributed by atoms with E-state index in [1.807, 2.05) is 24.3 Å². The van der Waals surface area contributed by atoms with E-state index in [0.717, 1.165) is 10.9 Å². The Hall–Kier alpha value is -2.15. The summed E-state index contributed by atoms with van der Waals surface area (Å²) in [5.74, 6) is 1.52. The molecular formula is C15H16N4O2S. The highest BCUT2D eigenvalue weighted by Gasteiger charge is 2.32. The predicted molar refractivity (Wildman–Crippen MR) is 87.5 cm³/mol. The van der Waals surface area contributed by atoms with E-state index >= 15 is 0 Å². The first-order valence-electron chi connectivity index (χ1n) is 7.00. The first-order valence-corrected chi connectivity index (χ1v) is 7.99. The number of anilines is 2. The predicted octanol–water partition coefficient (Wildman–Crippen LogP) is 1.84. The van der Waals surface area contributed by atoms with Crippen molar-refractivity contribution < 1.29 is 9.59 Å². The number of fused-ring (bicyclic) bond motifs is 1. The zero-order chi connectivity index (χ0) is 15.7. The molecule has 1 aromatic heterocycles. The lowest BCUT2D eigenvalue weighted by Crippen LogP contribution is -2.26. The Morgan fingerprint density at radius 2 is 2.18 bits per heavy atom. The second kappa shape index (κ2) is 5.92. The van der Waals surface area contributed by atoms with Crippen LogP contribution in [0.15, 0.2) is 24.3 Å². The van der Waals surface area contributed by atoms with Crippen LogP contribution in [0.4, 0.5) is 11.8 Å². The minimum absolute atomic E-state index is 0.0115. The molecule has 0 radical (unpaired) electrons. The summed E-state index contributed by atoms with van der Waals surface area (Å²) in [5.41, 5.74) is 6.48. The number of amides is 1. The minimum Gasteiger partial charge on any atom is -0.368 e. The molecule has 0 bridgehead atoms. The molecule has 1 aromatic carbocycles. The quantitative estimate of drug-likeness (QED) is 0.929. The standard InChI is InChI=1S/C15H16N4O2S/c1-9(20)22-8-10-6-13(21)19(7-10)14-11-4-2-3-5-12(11)17-15(16)18-14/h2-5,10H,6-8H2,1H3,(H2,16,17,18). The molecule has 2 N–H and O–H groups in total. The molecule has 2 aromatic rings. The van der Waals surface area contributed by atoms with Gasteiger partial charge in [-0.1, -0.05) is 23.9 Å².